The molecule has 8 heteroatoms. The van der Waals surface area contributed by atoms with Crippen molar-refractivity contribution in [3.8, 4) is 11.5 Å². The normalized spacial score (nSPS) is 10.7. The Bertz CT molecular complexity index is 710. The standard InChI is InChI=1S/C18H27N5O3/c1-6-25-14-7-9-15(10-8-14)26-12-16-20-17(23(21-16)13(2)3)11-19-18(24)22(4)5/h7-10,13H,6,11-12H2,1-5H3,(H,19,24). The molecular weight excluding hydrogens is 334 g/mol. The molecule has 0 bridgehead atoms. The maximum atomic E-state index is 11.7. The van der Waals surface area contributed by atoms with E-state index in [0.29, 0.717) is 24.8 Å². The minimum Gasteiger partial charge on any atom is -0.494 e. The lowest BCUT2D eigenvalue weighted by Gasteiger charge is -2.13. The number of hydrogen-bond acceptors (Lipinski definition) is 5. The summed E-state index contributed by atoms with van der Waals surface area (Å²) in [6.45, 7) is 7.17. The van der Waals surface area contributed by atoms with E-state index in [2.05, 4.69) is 15.4 Å². The highest BCUT2D eigenvalue weighted by atomic mass is 16.5. The van der Waals surface area contributed by atoms with Gasteiger partial charge in [-0.25, -0.2) is 14.5 Å². The summed E-state index contributed by atoms with van der Waals surface area (Å²) in [5.74, 6) is 2.79. The van der Waals surface area contributed by atoms with Gasteiger partial charge in [0, 0.05) is 20.1 Å². The highest BCUT2D eigenvalue weighted by Gasteiger charge is 2.14. The first kappa shape index (κ1) is 19.6. The molecule has 26 heavy (non-hydrogen) atoms. The zero-order valence-electron chi connectivity index (χ0n) is 16.0. The molecule has 1 aromatic heterocycles. The number of nitrogens with one attached hydrogen (secondary N) is 1. The number of amides is 2. The molecule has 0 spiro atoms. The number of hydrogen-bond donors (Lipinski definition) is 1. The molecule has 0 atom stereocenters. The number of carbonyl (C=O) groups excluding carboxylic acids is 1. The van der Waals surface area contributed by atoms with E-state index in [1.54, 1.807) is 18.8 Å². The van der Waals surface area contributed by atoms with Crippen LogP contribution < -0.4 is 14.8 Å². The smallest absolute Gasteiger partial charge is 0.317 e. The third-order valence-electron chi connectivity index (χ3n) is 3.54. The summed E-state index contributed by atoms with van der Waals surface area (Å²) in [4.78, 5) is 17.7. The van der Waals surface area contributed by atoms with Crippen LogP contribution in [0.25, 0.3) is 0 Å². The number of carbonyl (C=O) groups is 1. The van der Waals surface area contributed by atoms with Gasteiger partial charge in [-0.2, -0.15) is 5.10 Å². The highest BCUT2D eigenvalue weighted by molar-refractivity contribution is 5.73. The average Bonchev–Trinajstić information content (AvgIpc) is 3.02. The van der Waals surface area contributed by atoms with E-state index in [1.807, 2.05) is 45.0 Å². The van der Waals surface area contributed by atoms with Gasteiger partial charge >= 0.3 is 6.03 Å². The van der Waals surface area contributed by atoms with Crippen molar-refractivity contribution < 1.29 is 14.3 Å². The summed E-state index contributed by atoms with van der Waals surface area (Å²) >= 11 is 0. The third kappa shape index (κ3) is 5.37. The molecule has 0 unspecified atom stereocenters. The zero-order chi connectivity index (χ0) is 19.1. The second-order valence-corrected chi connectivity index (χ2v) is 6.23. The lowest BCUT2D eigenvalue weighted by atomic mass is 10.3. The van der Waals surface area contributed by atoms with E-state index >= 15 is 0 Å². The van der Waals surface area contributed by atoms with Crippen molar-refractivity contribution in [2.24, 2.45) is 0 Å². The van der Waals surface area contributed by atoms with Crippen molar-refractivity contribution in [3.63, 3.8) is 0 Å². The Kier molecular flexibility index (Phi) is 6.82. The Labute approximate surface area is 154 Å². The predicted molar refractivity (Wildman–Crippen MR) is 98.3 cm³/mol. The molecule has 8 nitrogen and oxygen atoms in total. The molecule has 2 aromatic rings. The van der Waals surface area contributed by atoms with Crippen LogP contribution in [0.15, 0.2) is 24.3 Å². The van der Waals surface area contributed by atoms with Crippen LogP contribution in [0.2, 0.25) is 0 Å². The lowest BCUT2D eigenvalue weighted by Crippen LogP contribution is -2.34. The zero-order valence-corrected chi connectivity index (χ0v) is 16.0. The topological polar surface area (TPSA) is 81.5 Å². The fourth-order valence-corrected chi connectivity index (χ4v) is 2.26. The van der Waals surface area contributed by atoms with E-state index < -0.39 is 0 Å². The molecule has 0 aliphatic rings. The fourth-order valence-electron chi connectivity index (χ4n) is 2.26. The Morgan fingerprint density at radius 2 is 1.81 bits per heavy atom. The molecule has 1 N–H and O–H groups in total. The molecule has 142 valence electrons. The van der Waals surface area contributed by atoms with Crippen LogP contribution in [0.1, 0.15) is 38.5 Å². The molecule has 0 saturated carbocycles. The predicted octanol–water partition coefficient (Wildman–Crippen LogP) is 2.61. The van der Waals surface area contributed by atoms with Crippen LogP contribution in [-0.4, -0.2) is 46.4 Å². The first-order valence-corrected chi connectivity index (χ1v) is 8.65. The van der Waals surface area contributed by atoms with Crippen LogP contribution in [0.4, 0.5) is 4.79 Å². The van der Waals surface area contributed by atoms with Gasteiger partial charge in [-0.15, -0.1) is 0 Å². The van der Waals surface area contributed by atoms with Gasteiger partial charge in [0.25, 0.3) is 0 Å². The van der Waals surface area contributed by atoms with Gasteiger partial charge in [-0.3, -0.25) is 0 Å². The van der Waals surface area contributed by atoms with Gasteiger partial charge in [-0.05, 0) is 45.0 Å². The number of ether oxygens (including phenoxy) is 2. The SMILES string of the molecule is CCOc1ccc(OCc2nc(CNC(=O)N(C)C)n(C(C)C)n2)cc1. The highest BCUT2D eigenvalue weighted by Crippen LogP contribution is 2.18. The summed E-state index contributed by atoms with van der Waals surface area (Å²) in [6.07, 6.45) is 0. The number of aromatic nitrogens is 3. The Hall–Kier alpha value is -2.77. The van der Waals surface area contributed by atoms with Gasteiger partial charge in [-0.1, -0.05) is 0 Å². The van der Waals surface area contributed by atoms with Gasteiger partial charge in [0.1, 0.15) is 23.9 Å². The minimum absolute atomic E-state index is 0.132. The summed E-state index contributed by atoms with van der Waals surface area (Å²) in [6, 6.07) is 7.39. The largest absolute Gasteiger partial charge is 0.494 e. The number of benzene rings is 1. The Balaban J connectivity index is 2.00. The number of rotatable bonds is 8. The summed E-state index contributed by atoms with van der Waals surface area (Å²) in [5.41, 5.74) is 0. The molecule has 0 fully saturated rings. The second-order valence-electron chi connectivity index (χ2n) is 6.23. The molecule has 0 saturated heterocycles. The van der Waals surface area contributed by atoms with Crippen LogP contribution >= 0.6 is 0 Å². The summed E-state index contributed by atoms with van der Waals surface area (Å²) in [7, 11) is 3.39. The van der Waals surface area contributed by atoms with Crippen molar-refractivity contribution >= 4 is 6.03 Å². The molecule has 0 aliphatic carbocycles. The van der Waals surface area contributed by atoms with E-state index in [9.17, 15) is 4.79 Å². The van der Waals surface area contributed by atoms with Crippen LogP contribution in [0.3, 0.4) is 0 Å². The molecule has 2 rings (SSSR count). The van der Waals surface area contributed by atoms with Crippen molar-refractivity contribution in [3.05, 3.63) is 35.9 Å². The Morgan fingerprint density at radius 1 is 1.19 bits per heavy atom. The average molecular weight is 361 g/mol. The fraction of sp³-hybridized carbons (Fsp3) is 0.500. The van der Waals surface area contributed by atoms with Gasteiger partial charge in [0.15, 0.2) is 5.82 Å². The first-order valence-electron chi connectivity index (χ1n) is 8.65. The number of urea groups is 1. The third-order valence-corrected chi connectivity index (χ3v) is 3.54. The quantitative estimate of drug-likeness (QED) is 0.782. The van der Waals surface area contributed by atoms with Gasteiger partial charge < -0.3 is 19.7 Å². The molecule has 1 aromatic carbocycles. The van der Waals surface area contributed by atoms with Crippen LogP contribution in [0.5, 0.6) is 11.5 Å². The van der Waals surface area contributed by atoms with Gasteiger partial charge in [0.2, 0.25) is 0 Å². The molecule has 0 aliphatic heterocycles. The van der Waals surface area contributed by atoms with Crippen molar-refractivity contribution in [1.82, 2.24) is 25.0 Å². The molecule has 1 heterocycles. The van der Waals surface area contributed by atoms with Gasteiger partial charge in [0.05, 0.1) is 13.2 Å². The van der Waals surface area contributed by atoms with Crippen LogP contribution in [0, 0.1) is 0 Å². The lowest BCUT2D eigenvalue weighted by molar-refractivity contribution is 0.216. The van der Waals surface area contributed by atoms with Crippen LogP contribution in [-0.2, 0) is 13.2 Å². The van der Waals surface area contributed by atoms with E-state index in [4.69, 9.17) is 9.47 Å². The second kappa shape index (κ2) is 9.07. The number of nitrogens with zero attached hydrogens (tertiary/aromatic N) is 4. The van der Waals surface area contributed by atoms with Crippen molar-refractivity contribution in [2.75, 3.05) is 20.7 Å². The summed E-state index contributed by atoms with van der Waals surface area (Å²) < 4.78 is 13.0. The first-order chi connectivity index (χ1) is 12.4. The van der Waals surface area contributed by atoms with E-state index in [-0.39, 0.29) is 18.7 Å². The maximum absolute atomic E-state index is 11.7. The molecule has 2 amide bonds. The maximum Gasteiger partial charge on any atom is 0.317 e. The van der Waals surface area contributed by atoms with E-state index in [0.717, 1.165) is 11.5 Å². The molecular formula is C18H27N5O3. The molecule has 0 radical (unpaired) electrons. The minimum atomic E-state index is -0.171. The van der Waals surface area contributed by atoms with Crippen molar-refractivity contribution in [1.29, 1.82) is 0 Å². The van der Waals surface area contributed by atoms with Crippen molar-refractivity contribution in [2.45, 2.75) is 40.0 Å². The monoisotopic (exact) mass is 361 g/mol. The van der Waals surface area contributed by atoms with E-state index in [1.165, 1.54) is 4.90 Å². The summed E-state index contributed by atoms with van der Waals surface area (Å²) in [5, 5.41) is 7.29. The Morgan fingerprint density at radius 3 is 2.35 bits per heavy atom.